The average molecular weight is 418 g/mol. The number of amides is 1. The summed E-state index contributed by atoms with van der Waals surface area (Å²) in [5, 5.41) is 13.2. The molecule has 0 aliphatic heterocycles. The van der Waals surface area contributed by atoms with E-state index in [1.807, 2.05) is 12.2 Å². The van der Waals surface area contributed by atoms with Gasteiger partial charge in [0.2, 0.25) is 5.91 Å². The number of hydrogen-bond acceptors (Lipinski definition) is 5. The van der Waals surface area contributed by atoms with Crippen molar-refractivity contribution in [3.63, 3.8) is 0 Å². The van der Waals surface area contributed by atoms with Crippen LogP contribution in [0.5, 0.6) is 0 Å². The first-order chi connectivity index (χ1) is 13.9. The van der Waals surface area contributed by atoms with Crippen molar-refractivity contribution in [1.82, 2.24) is 0 Å². The lowest BCUT2D eigenvalue weighted by Crippen LogP contribution is -2.47. The number of carboxylic acid groups (broad SMARTS) is 1. The number of aliphatic carboxylic acids is 1. The summed E-state index contributed by atoms with van der Waals surface area (Å²) in [6.07, 6.45) is 8.31. The van der Waals surface area contributed by atoms with Crippen LogP contribution in [0.25, 0.3) is 0 Å². The summed E-state index contributed by atoms with van der Waals surface area (Å²) >= 11 is 1.44. The monoisotopic (exact) mass is 417 g/mol. The van der Waals surface area contributed by atoms with E-state index in [1.54, 1.807) is 6.92 Å². The van der Waals surface area contributed by atoms with Crippen molar-refractivity contribution in [3.8, 4) is 0 Å². The van der Waals surface area contributed by atoms with Crippen molar-refractivity contribution >= 4 is 34.2 Å². The second-order valence-corrected chi connectivity index (χ2v) is 9.55. The zero-order chi connectivity index (χ0) is 20.7. The van der Waals surface area contributed by atoms with E-state index in [9.17, 15) is 19.5 Å². The Labute approximate surface area is 174 Å². The lowest BCUT2D eigenvalue weighted by molar-refractivity contribution is -0.151. The number of allylic oxidation sites excluding steroid dienone is 2. The molecule has 5 atom stereocenters. The Morgan fingerprint density at radius 2 is 1.86 bits per heavy atom. The molecule has 0 aromatic carbocycles. The quantitative estimate of drug-likeness (QED) is 0.560. The molecule has 29 heavy (non-hydrogen) atoms. The largest absolute Gasteiger partial charge is 0.481 e. The van der Waals surface area contributed by atoms with E-state index in [-0.39, 0.29) is 24.3 Å². The molecular weight excluding hydrogens is 390 g/mol. The lowest BCUT2D eigenvalue weighted by atomic mass is 9.62. The first kappa shape index (κ1) is 20.1. The Bertz CT molecular complexity index is 873. The molecule has 1 fully saturated rings. The van der Waals surface area contributed by atoms with E-state index >= 15 is 0 Å². The average Bonchev–Trinajstić information content (AvgIpc) is 3.05. The minimum Gasteiger partial charge on any atom is -0.481 e. The highest BCUT2D eigenvalue weighted by Crippen LogP contribution is 2.46. The molecule has 6 nitrogen and oxygen atoms in total. The fraction of sp³-hybridized carbons (Fsp3) is 0.591. The molecule has 1 aromatic heterocycles. The van der Waals surface area contributed by atoms with E-state index in [1.165, 1.54) is 11.3 Å². The molecular formula is C22H27NO5S. The molecule has 1 amide bonds. The number of carbonyl (C=O) groups excluding carboxylic acids is 2. The topological polar surface area (TPSA) is 92.7 Å². The SMILES string of the molecule is CCOC(=O)c1c(NC(=O)[C@H]2[C@@H](C(=O)O)[C@H]3C=C[C@@H]2CC3)sc2c1C[C@@H](C)CC2. The Kier molecular flexibility index (Phi) is 5.51. The zero-order valence-corrected chi connectivity index (χ0v) is 17.6. The number of anilines is 1. The molecule has 7 heteroatoms. The molecule has 2 bridgehead atoms. The molecule has 1 saturated carbocycles. The van der Waals surface area contributed by atoms with E-state index < -0.39 is 23.8 Å². The van der Waals surface area contributed by atoms with Gasteiger partial charge in [-0.05, 0) is 62.3 Å². The van der Waals surface area contributed by atoms with Crippen LogP contribution in [0.2, 0.25) is 0 Å². The predicted molar refractivity (Wildman–Crippen MR) is 110 cm³/mol. The minimum absolute atomic E-state index is 0.0678. The third-order valence-electron chi connectivity index (χ3n) is 6.56. The number of aryl methyl sites for hydroxylation is 1. The molecule has 4 aliphatic carbocycles. The molecule has 0 radical (unpaired) electrons. The van der Waals surface area contributed by atoms with Gasteiger partial charge < -0.3 is 15.2 Å². The Hall–Kier alpha value is -2.15. The molecule has 1 heterocycles. The van der Waals surface area contributed by atoms with Crippen LogP contribution in [0.1, 0.15) is 53.9 Å². The summed E-state index contributed by atoms with van der Waals surface area (Å²) in [5.41, 5.74) is 1.46. The maximum atomic E-state index is 13.2. The normalized spacial score (nSPS) is 29.9. The summed E-state index contributed by atoms with van der Waals surface area (Å²) in [6.45, 7) is 4.20. The highest BCUT2D eigenvalue weighted by Gasteiger charge is 2.48. The molecule has 5 rings (SSSR count). The fourth-order valence-corrected chi connectivity index (χ4v) is 6.38. The van der Waals surface area contributed by atoms with Crippen molar-refractivity contribution in [3.05, 3.63) is 28.2 Å². The van der Waals surface area contributed by atoms with E-state index in [2.05, 4.69) is 12.2 Å². The number of carbonyl (C=O) groups is 3. The Morgan fingerprint density at radius 3 is 2.48 bits per heavy atom. The van der Waals surface area contributed by atoms with E-state index in [4.69, 9.17) is 4.74 Å². The van der Waals surface area contributed by atoms with Crippen molar-refractivity contribution in [2.45, 2.75) is 46.0 Å². The Balaban J connectivity index is 1.65. The maximum absolute atomic E-state index is 13.2. The van der Waals surface area contributed by atoms with Crippen LogP contribution in [-0.4, -0.2) is 29.6 Å². The minimum atomic E-state index is -0.922. The number of thiophene rings is 1. The number of esters is 1. The van der Waals surface area contributed by atoms with Crippen LogP contribution in [0, 0.1) is 29.6 Å². The van der Waals surface area contributed by atoms with Gasteiger partial charge in [0, 0.05) is 4.88 Å². The third kappa shape index (κ3) is 3.61. The van der Waals surface area contributed by atoms with E-state index in [0.29, 0.717) is 16.5 Å². The van der Waals surface area contributed by atoms with Gasteiger partial charge in [0.25, 0.3) is 0 Å². The lowest BCUT2D eigenvalue weighted by Gasteiger charge is -2.41. The van der Waals surface area contributed by atoms with Crippen LogP contribution in [0.15, 0.2) is 12.2 Å². The number of ether oxygens (including phenoxy) is 1. The molecule has 0 spiro atoms. The first-order valence-corrected chi connectivity index (χ1v) is 11.3. The number of nitrogens with one attached hydrogen (secondary N) is 1. The maximum Gasteiger partial charge on any atom is 0.341 e. The van der Waals surface area contributed by atoms with Gasteiger partial charge in [-0.2, -0.15) is 0 Å². The second-order valence-electron chi connectivity index (χ2n) is 8.45. The molecule has 0 saturated heterocycles. The standard InChI is InChI=1S/C22H27NO5S/c1-3-28-22(27)18-14-10-11(2)4-9-15(14)29-20(18)23-19(24)16-12-5-7-13(8-6-12)17(16)21(25)26/h5,7,11-13,16-17H,3-4,6,8-10H2,1-2H3,(H,23,24)(H,25,26)/t11-,12+,13-,16+,17-/m0/s1. The highest BCUT2D eigenvalue weighted by atomic mass is 32.1. The van der Waals surface area contributed by atoms with Crippen molar-refractivity contribution < 1.29 is 24.2 Å². The second kappa shape index (κ2) is 7.94. The predicted octanol–water partition coefficient (Wildman–Crippen LogP) is 3.90. The van der Waals surface area contributed by atoms with Crippen molar-refractivity contribution in [1.29, 1.82) is 0 Å². The van der Waals surface area contributed by atoms with Crippen LogP contribution in [0.3, 0.4) is 0 Å². The number of rotatable bonds is 5. The summed E-state index contributed by atoms with van der Waals surface area (Å²) < 4.78 is 5.28. The first-order valence-electron chi connectivity index (χ1n) is 10.4. The van der Waals surface area contributed by atoms with Gasteiger partial charge in [0.15, 0.2) is 0 Å². The Morgan fingerprint density at radius 1 is 1.17 bits per heavy atom. The molecule has 2 N–H and O–H groups in total. The molecule has 156 valence electrons. The van der Waals surface area contributed by atoms with Gasteiger partial charge >= 0.3 is 11.9 Å². The highest BCUT2D eigenvalue weighted by molar-refractivity contribution is 7.17. The van der Waals surface area contributed by atoms with Crippen LogP contribution < -0.4 is 5.32 Å². The smallest absolute Gasteiger partial charge is 0.341 e. The molecule has 4 aliphatic rings. The number of hydrogen-bond donors (Lipinski definition) is 2. The molecule has 0 unspecified atom stereocenters. The van der Waals surface area contributed by atoms with Crippen LogP contribution >= 0.6 is 11.3 Å². The van der Waals surface area contributed by atoms with E-state index in [0.717, 1.165) is 42.5 Å². The summed E-state index contributed by atoms with van der Waals surface area (Å²) in [5.74, 6) is -2.64. The van der Waals surface area contributed by atoms with Gasteiger partial charge in [-0.3, -0.25) is 9.59 Å². The van der Waals surface area contributed by atoms with Crippen molar-refractivity contribution in [2.75, 3.05) is 11.9 Å². The van der Waals surface area contributed by atoms with Gasteiger partial charge in [0.05, 0.1) is 24.0 Å². The van der Waals surface area contributed by atoms with Gasteiger partial charge in [-0.1, -0.05) is 19.1 Å². The summed E-state index contributed by atoms with van der Waals surface area (Å²) in [6, 6.07) is 0. The summed E-state index contributed by atoms with van der Waals surface area (Å²) in [4.78, 5) is 38.9. The molecule has 1 aromatic rings. The van der Waals surface area contributed by atoms with Gasteiger partial charge in [0.1, 0.15) is 5.00 Å². The van der Waals surface area contributed by atoms with Gasteiger partial charge in [-0.25, -0.2) is 4.79 Å². The summed E-state index contributed by atoms with van der Waals surface area (Å²) in [7, 11) is 0. The number of carboxylic acids is 1. The number of fused-ring (bicyclic) bond motifs is 3. The fourth-order valence-electron chi connectivity index (χ4n) is 5.15. The van der Waals surface area contributed by atoms with Gasteiger partial charge in [-0.15, -0.1) is 11.3 Å². The third-order valence-corrected chi connectivity index (χ3v) is 7.77. The zero-order valence-electron chi connectivity index (χ0n) is 16.8. The van der Waals surface area contributed by atoms with Crippen LogP contribution in [-0.2, 0) is 27.2 Å². The van der Waals surface area contributed by atoms with Crippen molar-refractivity contribution in [2.24, 2.45) is 29.6 Å². The van der Waals surface area contributed by atoms with Crippen LogP contribution in [0.4, 0.5) is 5.00 Å².